The minimum absolute atomic E-state index is 0.0130. The first-order valence-corrected chi connectivity index (χ1v) is 7.28. The lowest BCUT2D eigenvalue weighted by Gasteiger charge is -2.15. The molecule has 2 rings (SSSR count). The van der Waals surface area contributed by atoms with Crippen molar-refractivity contribution in [2.24, 2.45) is 0 Å². The van der Waals surface area contributed by atoms with Gasteiger partial charge in [-0.3, -0.25) is 4.79 Å². The van der Waals surface area contributed by atoms with E-state index < -0.39 is 0 Å². The quantitative estimate of drug-likeness (QED) is 0.878. The molecule has 0 bridgehead atoms. The second-order valence-corrected chi connectivity index (χ2v) is 5.45. The van der Waals surface area contributed by atoms with Crippen LogP contribution in [0.4, 0.5) is 5.69 Å². The molecule has 0 aliphatic rings. The molecule has 21 heavy (non-hydrogen) atoms. The van der Waals surface area contributed by atoms with E-state index in [1.807, 2.05) is 62.4 Å². The molecule has 0 heterocycles. The Hall–Kier alpha value is -2.00. The van der Waals surface area contributed by atoms with Crippen LogP contribution in [0.1, 0.15) is 24.1 Å². The average Bonchev–Trinajstić information content (AvgIpc) is 2.49. The van der Waals surface area contributed by atoms with E-state index >= 15 is 0 Å². The van der Waals surface area contributed by atoms with Crippen LogP contribution in [-0.4, -0.2) is 12.5 Å². The normalized spacial score (nSPS) is 11.8. The van der Waals surface area contributed by atoms with E-state index in [0.29, 0.717) is 5.02 Å². The lowest BCUT2D eigenvalue weighted by molar-refractivity contribution is -0.120. The van der Waals surface area contributed by atoms with Gasteiger partial charge in [0, 0.05) is 10.7 Å². The number of rotatable bonds is 5. The Morgan fingerprint density at radius 2 is 1.90 bits per heavy atom. The van der Waals surface area contributed by atoms with E-state index in [1.165, 1.54) is 0 Å². The second kappa shape index (κ2) is 7.14. The van der Waals surface area contributed by atoms with Crippen molar-refractivity contribution in [1.29, 1.82) is 0 Å². The van der Waals surface area contributed by atoms with Crippen molar-refractivity contribution in [1.82, 2.24) is 5.32 Å². The molecular formula is C17H19ClN2O. The monoisotopic (exact) mass is 302 g/mol. The molecule has 1 atom stereocenters. The van der Waals surface area contributed by atoms with Crippen molar-refractivity contribution in [2.45, 2.75) is 19.9 Å². The Morgan fingerprint density at radius 3 is 2.62 bits per heavy atom. The molecule has 2 aromatic carbocycles. The third-order valence-corrected chi connectivity index (χ3v) is 3.55. The third kappa shape index (κ3) is 4.50. The van der Waals surface area contributed by atoms with Crippen LogP contribution in [-0.2, 0) is 4.79 Å². The molecule has 0 aliphatic heterocycles. The third-order valence-electron chi connectivity index (χ3n) is 3.32. The molecule has 4 heteroatoms. The smallest absolute Gasteiger partial charge is 0.239 e. The number of amides is 1. The summed E-state index contributed by atoms with van der Waals surface area (Å²) in [6.07, 6.45) is 0. The molecule has 0 saturated heterocycles. The molecule has 1 amide bonds. The Labute approximate surface area is 130 Å². The van der Waals surface area contributed by atoms with Crippen LogP contribution in [0, 0.1) is 6.92 Å². The molecule has 0 aliphatic carbocycles. The Bertz CT molecular complexity index is 613. The van der Waals surface area contributed by atoms with Gasteiger partial charge >= 0.3 is 0 Å². The molecule has 3 nitrogen and oxygen atoms in total. The van der Waals surface area contributed by atoms with Gasteiger partial charge in [0.1, 0.15) is 0 Å². The summed E-state index contributed by atoms with van der Waals surface area (Å²) in [4.78, 5) is 12.0. The predicted molar refractivity (Wildman–Crippen MR) is 87.7 cm³/mol. The number of carbonyl (C=O) groups is 1. The van der Waals surface area contributed by atoms with Gasteiger partial charge in [-0.1, -0.05) is 48.0 Å². The molecule has 110 valence electrons. The highest BCUT2D eigenvalue weighted by molar-refractivity contribution is 6.30. The predicted octanol–water partition coefficient (Wildman–Crippen LogP) is 3.94. The number of benzene rings is 2. The SMILES string of the molecule is Cc1ccc(Cl)cc1NCC(=O)N[C@@H](C)c1ccccc1. The largest absolute Gasteiger partial charge is 0.376 e. The summed E-state index contributed by atoms with van der Waals surface area (Å²) in [5.74, 6) is -0.0503. The number of halogens is 1. The van der Waals surface area contributed by atoms with E-state index in [-0.39, 0.29) is 18.5 Å². The molecule has 0 saturated carbocycles. The van der Waals surface area contributed by atoms with Gasteiger partial charge in [-0.25, -0.2) is 0 Å². The van der Waals surface area contributed by atoms with E-state index in [4.69, 9.17) is 11.6 Å². The number of carbonyl (C=O) groups excluding carboxylic acids is 1. The van der Waals surface area contributed by atoms with Gasteiger partial charge in [-0.05, 0) is 37.1 Å². The number of aryl methyl sites for hydroxylation is 1. The van der Waals surface area contributed by atoms with Gasteiger partial charge in [-0.15, -0.1) is 0 Å². The molecule has 0 fully saturated rings. The second-order valence-electron chi connectivity index (χ2n) is 5.01. The van der Waals surface area contributed by atoms with Crippen molar-refractivity contribution in [2.75, 3.05) is 11.9 Å². The van der Waals surface area contributed by atoms with Crippen LogP contribution >= 0.6 is 11.6 Å². The Morgan fingerprint density at radius 1 is 1.19 bits per heavy atom. The zero-order valence-corrected chi connectivity index (χ0v) is 12.9. The van der Waals surface area contributed by atoms with Gasteiger partial charge < -0.3 is 10.6 Å². The maximum atomic E-state index is 12.0. The average molecular weight is 303 g/mol. The van der Waals surface area contributed by atoms with Crippen LogP contribution in [0.5, 0.6) is 0 Å². The zero-order chi connectivity index (χ0) is 15.2. The highest BCUT2D eigenvalue weighted by atomic mass is 35.5. The standard InChI is InChI=1S/C17H19ClN2O/c1-12-8-9-15(18)10-16(12)19-11-17(21)20-13(2)14-6-4-3-5-7-14/h3-10,13,19H,11H2,1-2H3,(H,20,21)/t13-/m0/s1. The lowest BCUT2D eigenvalue weighted by atomic mass is 10.1. The van der Waals surface area contributed by atoms with Gasteiger partial charge in [0.2, 0.25) is 5.91 Å². The number of hydrogen-bond acceptors (Lipinski definition) is 2. The van der Waals surface area contributed by atoms with Crippen molar-refractivity contribution in [3.63, 3.8) is 0 Å². The topological polar surface area (TPSA) is 41.1 Å². The minimum atomic E-state index is -0.0503. The van der Waals surface area contributed by atoms with E-state index in [2.05, 4.69) is 10.6 Å². The molecular weight excluding hydrogens is 284 g/mol. The van der Waals surface area contributed by atoms with E-state index in [1.54, 1.807) is 0 Å². The van der Waals surface area contributed by atoms with Crippen molar-refractivity contribution >= 4 is 23.2 Å². The fraction of sp³-hybridized carbons (Fsp3) is 0.235. The van der Waals surface area contributed by atoms with Crippen LogP contribution in [0.25, 0.3) is 0 Å². The van der Waals surface area contributed by atoms with E-state index in [0.717, 1.165) is 16.8 Å². The zero-order valence-electron chi connectivity index (χ0n) is 12.2. The Balaban J connectivity index is 1.89. The fourth-order valence-corrected chi connectivity index (χ4v) is 2.25. The summed E-state index contributed by atoms with van der Waals surface area (Å²) in [6.45, 7) is 4.17. The maximum Gasteiger partial charge on any atom is 0.239 e. The molecule has 0 aromatic heterocycles. The molecule has 0 radical (unpaired) electrons. The minimum Gasteiger partial charge on any atom is -0.376 e. The summed E-state index contributed by atoms with van der Waals surface area (Å²) in [5, 5.41) is 6.73. The summed E-state index contributed by atoms with van der Waals surface area (Å²) in [6, 6.07) is 15.5. The summed E-state index contributed by atoms with van der Waals surface area (Å²) in [7, 11) is 0. The highest BCUT2D eigenvalue weighted by Crippen LogP contribution is 2.19. The number of anilines is 1. The van der Waals surface area contributed by atoms with Gasteiger partial charge in [-0.2, -0.15) is 0 Å². The summed E-state index contributed by atoms with van der Waals surface area (Å²) < 4.78 is 0. The van der Waals surface area contributed by atoms with Gasteiger partial charge in [0.25, 0.3) is 0 Å². The highest BCUT2D eigenvalue weighted by Gasteiger charge is 2.09. The summed E-state index contributed by atoms with van der Waals surface area (Å²) >= 11 is 5.96. The first-order chi connectivity index (χ1) is 10.1. The Kier molecular flexibility index (Phi) is 5.23. The van der Waals surface area contributed by atoms with Gasteiger partial charge in [0.05, 0.1) is 12.6 Å². The maximum absolute atomic E-state index is 12.0. The van der Waals surface area contributed by atoms with Crippen LogP contribution in [0.2, 0.25) is 5.02 Å². The first-order valence-electron chi connectivity index (χ1n) is 6.90. The van der Waals surface area contributed by atoms with E-state index in [9.17, 15) is 4.79 Å². The van der Waals surface area contributed by atoms with Crippen molar-refractivity contribution in [3.05, 3.63) is 64.7 Å². The van der Waals surface area contributed by atoms with Gasteiger partial charge in [0.15, 0.2) is 0 Å². The van der Waals surface area contributed by atoms with Crippen LogP contribution < -0.4 is 10.6 Å². The number of nitrogens with one attached hydrogen (secondary N) is 2. The first kappa shape index (κ1) is 15.4. The summed E-state index contributed by atoms with van der Waals surface area (Å²) in [5.41, 5.74) is 3.03. The van der Waals surface area contributed by atoms with Crippen molar-refractivity contribution < 1.29 is 4.79 Å². The van der Waals surface area contributed by atoms with Crippen LogP contribution in [0.3, 0.4) is 0 Å². The molecule has 0 spiro atoms. The lowest BCUT2D eigenvalue weighted by Crippen LogP contribution is -2.32. The number of hydrogen-bond donors (Lipinski definition) is 2. The molecule has 2 aromatic rings. The molecule has 0 unspecified atom stereocenters. The fourth-order valence-electron chi connectivity index (χ4n) is 2.08. The van der Waals surface area contributed by atoms with Crippen molar-refractivity contribution in [3.8, 4) is 0 Å². The molecule has 2 N–H and O–H groups in total. The van der Waals surface area contributed by atoms with Crippen LogP contribution in [0.15, 0.2) is 48.5 Å².